The molecule has 0 spiro atoms. The largest absolute Gasteiger partial charge is 0.313 e. The van der Waals surface area contributed by atoms with Crippen molar-refractivity contribution in [2.24, 2.45) is 0 Å². The van der Waals surface area contributed by atoms with E-state index in [0.29, 0.717) is 5.75 Å². The average Bonchev–Trinajstić information content (AvgIpc) is 2.30. The molecule has 1 aliphatic rings. The Morgan fingerprint density at radius 1 is 1.47 bits per heavy atom. The van der Waals surface area contributed by atoms with Crippen molar-refractivity contribution in [3.63, 3.8) is 0 Å². The van der Waals surface area contributed by atoms with Crippen LogP contribution in [0.15, 0.2) is 12.7 Å². The van der Waals surface area contributed by atoms with Crippen LogP contribution in [0.5, 0.6) is 0 Å². The molecule has 1 heterocycles. The van der Waals surface area contributed by atoms with E-state index in [0.717, 1.165) is 45.1 Å². The summed E-state index contributed by atoms with van der Waals surface area (Å²) < 4.78 is 24.2. The summed E-state index contributed by atoms with van der Waals surface area (Å²) in [6.45, 7) is 6.72. The summed E-state index contributed by atoms with van der Waals surface area (Å²) in [7, 11) is -2.88. The quantitative estimate of drug-likeness (QED) is 0.714. The molecular formula is C13H25NO2S. The molecule has 100 valence electrons. The van der Waals surface area contributed by atoms with E-state index in [-0.39, 0.29) is 11.3 Å². The van der Waals surface area contributed by atoms with Gasteiger partial charge in [-0.05, 0) is 38.6 Å². The second-order valence-corrected chi connectivity index (χ2v) is 7.17. The predicted molar refractivity (Wildman–Crippen MR) is 72.9 cm³/mol. The first-order chi connectivity index (χ1) is 8.11. The van der Waals surface area contributed by atoms with Gasteiger partial charge in [-0.25, -0.2) is 8.42 Å². The fraction of sp³-hybridized carbons (Fsp3) is 0.846. The van der Waals surface area contributed by atoms with Gasteiger partial charge in [-0.2, -0.15) is 0 Å². The van der Waals surface area contributed by atoms with Crippen molar-refractivity contribution in [3.05, 3.63) is 12.7 Å². The Bertz CT molecular complexity index is 324. The number of sulfone groups is 1. The van der Waals surface area contributed by atoms with Gasteiger partial charge >= 0.3 is 0 Å². The van der Waals surface area contributed by atoms with Crippen molar-refractivity contribution in [2.75, 3.05) is 12.3 Å². The molecule has 4 heteroatoms. The van der Waals surface area contributed by atoms with Crippen molar-refractivity contribution in [1.82, 2.24) is 5.32 Å². The monoisotopic (exact) mass is 259 g/mol. The number of hydrogen-bond donors (Lipinski definition) is 1. The van der Waals surface area contributed by atoms with E-state index in [1.165, 1.54) is 0 Å². The molecular weight excluding hydrogens is 234 g/mol. The van der Waals surface area contributed by atoms with E-state index in [4.69, 9.17) is 0 Å². The zero-order valence-electron chi connectivity index (χ0n) is 10.8. The molecule has 3 nitrogen and oxygen atoms in total. The summed E-state index contributed by atoms with van der Waals surface area (Å²) >= 11 is 0. The molecule has 0 saturated carbocycles. The summed E-state index contributed by atoms with van der Waals surface area (Å²) in [5.74, 6) is 0.371. The number of rotatable bonds is 7. The maximum absolute atomic E-state index is 12.1. The van der Waals surface area contributed by atoms with Gasteiger partial charge in [0.1, 0.15) is 0 Å². The lowest BCUT2D eigenvalue weighted by molar-refractivity contribution is 0.419. The fourth-order valence-electron chi connectivity index (χ4n) is 2.48. The lowest BCUT2D eigenvalue weighted by atomic mass is 10.0. The van der Waals surface area contributed by atoms with Crippen molar-refractivity contribution in [3.8, 4) is 0 Å². The number of nitrogens with one attached hydrogen (secondary N) is 1. The molecule has 17 heavy (non-hydrogen) atoms. The van der Waals surface area contributed by atoms with E-state index in [2.05, 4.69) is 18.8 Å². The third-order valence-corrected chi connectivity index (χ3v) is 5.76. The first-order valence-corrected chi connectivity index (χ1v) is 8.39. The van der Waals surface area contributed by atoms with Gasteiger partial charge in [-0.3, -0.25) is 0 Å². The minimum atomic E-state index is -2.88. The first-order valence-electron chi connectivity index (χ1n) is 6.67. The standard InChI is InChI=1S/C13H25NO2S/c1-3-5-8-12(14-10-4-2)13-9-6-7-11-17(13,15)16/h3,12-14H,1,4-11H2,2H3. The van der Waals surface area contributed by atoms with E-state index < -0.39 is 9.84 Å². The Balaban J connectivity index is 2.68. The lowest BCUT2D eigenvalue weighted by Crippen LogP contribution is -2.46. The summed E-state index contributed by atoms with van der Waals surface area (Å²) in [6.07, 6.45) is 7.37. The molecule has 0 aliphatic carbocycles. The van der Waals surface area contributed by atoms with Crippen LogP contribution in [0.25, 0.3) is 0 Å². The van der Waals surface area contributed by atoms with E-state index in [1.807, 2.05) is 6.08 Å². The zero-order valence-corrected chi connectivity index (χ0v) is 11.6. The molecule has 0 aromatic rings. The van der Waals surface area contributed by atoms with E-state index >= 15 is 0 Å². The van der Waals surface area contributed by atoms with E-state index in [9.17, 15) is 8.42 Å². The van der Waals surface area contributed by atoms with Crippen molar-refractivity contribution < 1.29 is 8.42 Å². The smallest absolute Gasteiger partial charge is 0.154 e. The topological polar surface area (TPSA) is 46.2 Å². The molecule has 0 radical (unpaired) electrons. The van der Waals surface area contributed by atoms with Crippen LogP contribution < -0.4 is 5.32 Å². The van der Waals surface area contributed by atoms with Crippen LogP contribution in [0, 0.1) is 0 Å². The predicted octanol–water partition coefficient (Wildman–Crippen LogP) is 2.29. The van der Waals surface area contributed by atoms with Crippen molar-refractivity contribution in [2.45, 2.75) is 56.7 Å². The van der Waals surface area contributed by atoms with Crippen LogP contribution in [-0.2, 0) is 9.84 Å². The Labute approximate surface area is 106 Å². The summed E-state index contributed by atoms with van der Waals surface area (Å²) in [5, 5.41) is 3.22. The molecule has 1 rings (SSSR count). The SMILES string of the molecule is C=CCCC(NCCC)C1CCCCS1(=O)=O. The molecule has 0 aromatic carbocycles. The normalized spacial score (nSPS) is 25.4. The summed E-state index contributed by atoms with van der Waals surface area (Å²) in [5.41, 5.74) is 0. The molecule has 1 N–H and O–H groups in total. The average molecular weight is 259 g/mol. The van der Waals surface area contributed by atoms with Gasteiger partial charge < -0.3 is 5.32 Å². The van der Waals surface area contributed by atoms with Crippen LogP contribution in [-0.4, -0.2) is 32.0 Å². The Morgan fingerprint density at radius 2 is 2.24 bits per heavy atom. The molecule has 1 aliphatic heterocycles. The molecule has 2 unspecified atom stereocenters. The maximum atomic E-state index is 12.1. The summed E-state index contributed by atoms with van der Waals surface area (Å²) in [6, 6.07) is 0.109. The highest BCUT2D eigenvalue weighted by molar-refractivity contribution is 7.92. The van der Waals surface area contributed by atoms with Crippen molar-refractivity contribution in [1.29, 1.82) is 0 Å². The number of hydrogen-bond acceptors (Lipinski definition) is 3. The minimum Gasteiger partial charge on any atom is -0.313 e. The Morgan fingerprint density at radius 3 is 2.82 bits per heavy atom. The highest BCUT2D eigenvalue weighted by Crippen LogP contribution is 2.24. The molecule has 0 aromatic heterocycles. The van der Waals surface area contributed by atoms with Gasteiger partial charge in [0.15, 0.2) is 9.84 Å². The van der Waals surface area contributed by atoms with Gasteiger partial charge in [0.2, 0.25) is 0 Å². The summed E-state index contributed by atoms with van der Waals surface area (Å²) in [4.78, 5) is 0. The third-order valence-electron chi connectivity index (χ3n) is 3.42. The second kappa shape index (κ2) is 7.17. The molecule has 1 fully saturated rings. The van der Waals surface area contributed by atoms with Gasteiger partial charge in [0.25, 0.3) is 0 Å². The van der Waals surface area contributed by atoms with Gasteiger partial charge in [-0.1, -0.05) is 19.4 Å². The van der Waals surface area contributed by atoms with Gasteiger partial charge in [-0.15, -0.1) is 6.58 Å². The van der Waals surface area contributed by atoms with Crippen LogP contribution in [0.2, 0.25) is 0 Å². The molecule has 0 bridgehead atoms. The first kappa shape index (κ1) is 14.7. The van der Waals surface area contributed by atoms with Gasteiger partial charge in [0.05, 0.1) is 11.0 Å². The second-order valence-electron chi connectivity index (χ2n) is 4.83. The molecule has 1 saturated heterocycles. The van der Waals surface area contributed by atoms with Crippen LogP contribution in [0.1, 0.15) is 45.4 Å². The van der Waals surface area contributed by atoms with Crippen LogP contribution in [0.4, 0.5) is 0 Å². The fourth-order valence-corrected chi connectivity index (χ4v) is 4.65. The van der Waals surface area contributed by atoms with Crippen molar-refractivity contribution >= 4 is 9.84 Å². The third kappa shape index (κ3) is 4.43. The van der Waals surface area contributed by atoms with Crippen LogP contribution >= 0.6 is 0 Å². The highest BCUT2D eigenvalue weighted by atomic mass is 32.2. The zero-order chi connectivity index (χ0) is 12.7. The Hall–Kier alpha value is -0.350. The molecule has 2 atom stereocenters. The number of allylic oxidation sites excluding steroid dienone is 1. The lowest BCUT2D eigenvalue weighted by Gasteiger charge is -2.30. The molecule has 0 amide bonds. The minimum absolute atomic E-state index is 0.109. The highest BCUT2D eigenvalue weighted by Gasteiger charge is 2.34. The van der Waals surface area contributed by atoms with Gasteiger partial charge in [0, 0.05) is 6.04 Å². The van der Waals surface area contributed by atoms with Crippen LogP contribution in [0.3, 0.4) is 0 Å². The Kier molecular flexibility index (Phi) is 6.20. The van der Waals surface area contributed by atoms with E-state index in [1.54, 1.807) is 0 Å². The maximum Gasteiger partial charge on any atom is 0.154 e.